The Hall–Kier alpha value is -2.84. The van der Waals surface area contributed by atoms with Gasteiger partial charge in [0.1, 0.15) is 5.75 Å². The van der Waals surface area contributed by atoms with Crippen molar-refractivity contribution in [3.05, 3.63) is 42.4 Å². The van der Waals surface area contributed by atoms with E-state index in [-0.39, 0.29) is 17.6 Å². The molecule has 138 valence electrons. The molecule has 1 aliphatic heterocycles. The van der Waals surface area contributed by atoms with E-state index >= 15 is 0 Å². The second-order valence-electron chi connectivity index (χ2n) is 5.78. The van der Waals surface area contributed by atoms with E-state index in [9.17, 15) is 9.59 Å². The summed E-state index contributed by atoms with van der Waals surface area (Å²) in [5.41, 5.74) is 1.08. The molecule has 2 amide bonds. The Bertz CT molecular complexity index is 754. The largest absolute Gasteiger partial charge is 0.494 e. The molecule has 0 aliphatic carbocycles. The molecule has 1 fully saturated rings. The topological polar surface area (TPSA) is 93.0 Å². The summed E-state index contributed by atoms with van der Waals surface area (Å²) >= 11 is 0. The highest BCUT2D eigenvalue weighted by Gasteiger charge is 2.16. The highest BCUT2D eigenvalue weighted by atomic mass is 16.5. The van der Waals surface area contributed by atoms with Crippen LogP contribution in [0.25, 0.3) is 0 Å². The van der Waals surface area contributed by atoms with E-state index in [0.717, 1.165) is 13.1 Å². The number of morpholine rings is 1. The molecule has 2 N–H and O–H groups in total. The molecule has 0 spiro atoms. The van der Waals surface area contributed by atoms with Crippen molar-refractivity contribution < 1.29 is 23.5 Å². The van der Waals surface area contributed by atoms with Crippen molar-refractivity contribution in [2.45, 2.75) is 0 Å². The molecule has 3 rings (SSSR count). The quantitative estimate of drug-likeness (QED) is 0.817. The van der Waals surface area contributed by atoms with Crippen molar-refractivity contribution in [1.82, 2.24) is 4.90 Å². The van der Waals surface area contributed by atoms with Gasteiger partial charge in [0.05, 0.1) is 38.8 Å². The first-order valence-electron chi connectivity index (χ1n) is 8.28. The number of nitrogens with one attached hydrogen (secondary N) is 2. The van der Waals surface area contributed by atoms with Crippen LogP contribution >= 0.6 is 0 Å². The number of ether oxygens (including phenoxy) is 2. The van der Waals surface area contributed by atoms with Gasteiger partial charge in [0, 0.05) is 24.8 Å². The average molecular weight is 359 g/mol. The number of methoxy groups -OCH3 is 1. The van der Waals surface area contributed by atoms with Crippen LogP contribution in [-0.4, -0.2) is 56.7 Å². The van der Waals surface area contributed by atoms with E-state index in [1.54, 1.807) is 30.3 Å². The van der Waals surface area contributed by atoms with E-state index in [4.69, 9.17) is 13.9 Å². The molecule has 8 heteroatoms. The molecule has 26 heavy (non-hydrogen) atoms. The van der Waals surface area contributed by atoms with Crippen molar-refractivity contribution in [3.8, 4) is 5.75 Å². The molecule has 2 heterocycles. The van der Waals surface area contributed by atoms with Crippen LogP contribution in [0.5, 0.6) is 5.75 Å². The minimum Gasteiger partial charge on any atom is -0.494 e. The van der Waals surface area contributed by atoms with Gasteiger partial charge in [-0.05, 0) is 24.3 Å². The van der Waals surface area contributed by atoms with Gasteiger partial charge in [-0.2, -0.15) is 0 Å². The molecule has 1 aliphatic rings. The highest BCUT2D eigenvalue weighted by molar-refractivity contribution is 6.02. The van der Waals surface area contributed by atoms with E-state index in [2.05, 4.69) is 10.6 Å². The average Bonchev–Trinajstić information content (AvgIpc) is 3.18. The number of amides is 2. The second-order valence-corrected chi connectivity index (χ2v) is 5.78. The lowest BCUT2D eigenvalue weighted by atomic mass is 10.2. The number of nitrogens with zero attached hydrogens (tertiary/aromatic N) is 1. The van der Waals surface area contributed by atoms with Gasteiger partial charge in [-0.15, -0.1) is 0 Å². The van der Waals surface area contributed by atoms with Gasteiger partial charge in [0.2, 0.25) is 5.91 Å². The van der Waals surface area contributed by atoms with E-state index in [1.807, 2.05) is 4.90 Å². The normalized spacial score (nSPS) is 14.7. The monoisotopic (exact) mass is 359 g/mol. The fourth-order valence-electron chi connectivity index (χ4n) is 2.62. The van der Waals surface area contributed by atoms with Crippen molar-refractivity contribution in [2.24, 2.45) is 0 Å². The molecular formula is C18H21N3O5. The zero-order valence-corrected chi connectivity index (χ0v) is 14.5. The molecule has 8 nitrogen and oxygen atoms in total. The maximum absolute atomic E-state index is 12.2. The van der Waals surface area contributed by atoms with Gasteiger partial charge >= 0.3 is 0 Å². The van der Waals surface area contributed by atoms with Crippen LogP contribution in [0.2, 0.25) is 0 Å². The number of furan rings is 1. The third-order valence-corrected chi connectivity index (χ3v) is 3.95. The molecule has 0 saturated carbocycles. The molecule has 1 aromatic carbocycles. The SMILES string of the molecule is COc1cc(NC(=O)c2ccco2)ccc1NC(=O)CN1CCOCC1. The van der Waals surface area contributed by atoms with Gasteiger partial charge in [0.25, 0.3) is 5.91 Å². The van der Waals surface area contributed by atoms with Gasteiger partial charge in [-0.1, -0.05) is 0 Å². The first-order valence-corrected chi connectivity index (χ1v) is 8.28. The first-order chi connectivity index (χ1) is 12.7. The molecule has 1 aromatic heterocycles. The summed E-state index contributed by atoms with van der Waals surface area (Å²) in [6.07, 6.45) is 1.43. The smallest absolute Gasteiger partial charge is 0.291 e. The summed E-state index contributed by atoms with van der Waals surface area (Å²) in [5.74, 6) is 0.183. The zero-order chi connectivity index (χ0) is 18.4. The molecule has 2 aromatic rings. The van der Waals surface area contributed by atoms with Gasteiger partial charge in [-0.3, -0.25) is 14.5 Å². The fourth-order valence-corrected chi connectivity index (χ4v) is 2.62. The maximum Gasteiger partial charge on any atom is 0.291 e. The van der Waals surface area contributed by atoms with Crippen LogP contribution < -0.4 is 15.4 Å². The lowest BCUT2D eigenvalue weighted by Gasteiger charge is -2.25. The summed E-state index contributed by atoms with van der Waals surface area (Å²) in [6, 6.07) is 8.24. The Morgan fingerprint density at radius 1 is 1.19 bits per heavy atom. The Morgan fingerprint density at radius 3 is 2.69 bits per heavy atom. The molecule has 0 radical (unpaired) electrons. The summed E-state index contributed by atoms with van der Waals surface area (Å²) < 4.78 is 15.7. The van der Waals surface area contributed by atoms with Crippen molar-refractivity contribution in [3.63, 3.8) is 0 Å². The van der Waals surface area contributed by atoms with E-state index < -0.39 is 0 Å². The van der Waals surface area contributed by atoms with Crippen molar-refractivity contribution in [1.29, 1.82) is 0 Å². The first kappa shape index (κ1) is 18.0. The third-order valence-electron chi connectivity index (χ3n) is 3.95. The van der Waals surface area contributed by atoms with Gasteiger partial charge in [-0.25, -0.2) is 0 Å². The molecule has 1 saturated heterocycles. The van der Waals surface area contributed by atoms with Crippen LogP contribution in [0.3, 0.4) is 0 Å². The molecule has 0 bridgehead atoms. The number of carbonyl (C=O) groups is 2. The Morgan fingerprint density at radius 2 is 2.00 bits per heavy atom. The lowest BCUT2D eigenvalue weighted by molar-refractivity contribution is -0.118. The second kappa shape index (κ2) is 8.50. The number of rotatable bonds is 6. The van der Waals surface area contributed by atoms with Gasteiger partial charge in [0.15, 0.2) is 5.76 Å². The number of carbonyl (C=O) groups excluding carboxylic acids is 2. The van der Waals surface area contributed by atoms with Crippen LogP contribution in [0.1, 0.15) is 10.6 Å². The van der Waals surface area contributed by atoms with Crippen LogP contribution in [0.4, 0.5) is 11.4 Å². The zero-order valence-electron chi connectivity index (χ0n) is 14.5. The van der Waals surface area contributed by atoms with Crippen LogP contribution in [0.15, 0.2) is 41.0 Å². The summed E-state index contributed by atoms with van der Waals surface area (Å²) in [7, 11) is 1.51. The fraction of sp³-hybridized carbons (Fsp3) is 0.333. The molecule has 0 unspecified atom stereocenters. The standard InChI is InChI=1S/C18H21N3O5/c1-24-16-11-13(19-18(23)15-3-2-8-26-15)4-5-14(16)20-17(22)12-21-6-9-25-10-7-21/h2-5,8,11H,6-7,9-10,12H2,1H3,(H,19,23)(H,20,22). The maximum atomic E-state index is 12.2. The summed E-state index contributed by atoms with van der Waals surface area (Å²) in [5, 5.41) is 5.56. The predicted molar refractivity (Wildman–Crippen MR) is 95.5 cm³/mol. The minimum absolute atomic E-state index is 0.127. The Balaban J connectivity index is 1.62. The van der Waals surface area contributed by atoms with E-state index in [1.165, 1.54) is 13.4 Å². The van der Waals surface area contributed by atoms with Crippen LogP contribution in [0, 0.1) is 0 Å². The highest BCUT2D eigenvalue weighted by Crippen LogP contribution is 2.28. The molecular weight excluding hydrogens is 338 g/mol. The Labute approximate surface area is 151 Å². The number of anilines is 2. The Kier molecular flexibility index (Phi) is 5.88. The van der Waals surface area contributed by atoms with Crippen molar-refractivity contribution in [2.75, 3.05) is 50.6 Å². The number of benzene rings is 1. The van der Waals surface area contributed by atoms with E-state index in [0.29, 0.717) is 36.9 Å². The third kappa shape index (κ3) is 4.62. The number of hydrogen-bond acceptors (Lipinski definition) is 6. The van der Waals surface area contributed by atoms with Crippen molar-refractivity contribution >= 4 is 23.2 Å². The van der Waals surface area contributed by atoms with Crippen LogP contribution in [-0.2, 0) is 9.53 Å². The lowest BCUT2D eigenvalue weighted by Crippen LogP contribution is -2.41. The number of hydrogen-bond donors (Lipinski definition) is 2. The summed E-state index contributed by atoms with van der Waals surface area (Å²) in [4.78, 5) is 26.3. The predicted octanol–water partition coefficient (Wildman–Crippen LogP) is 1.81. The minimum atomic E-state index is -0.360. The summed E-state index contributed by atoms with van der Waals surface area (Å²) in [6.45, 7) is 3.05. The molecule has 0 atom stereocenters. The van der Waals surface area contributed by atoms with Gasteiger partial charge < -0.3 is 24.5 Å².